The van der Waals surface area contributed by atoms with Gasteiger partial charge in [-0.1, -0.05) is 30.3 Å². The van der Waals surface area contributed by atoms with Crippen molar-refractivity contribution in [3.8, 4) is 0 Å². The van der Waals surface area contributed by atoms with E-state index in [1.54, 1.807) is 0 Å². The molecule has 4 heteroatoms. The lowest BCUT2D eigenvalue weighted by Gasteiger charge is -2.18. The SMILES string of the molecule is NCCNC(=O)NC1(c2ccccc2)CC1. The van der Waals surface area contributed by atoms with Crippen LogP contribution in [0.2, 0.25) is 0 Å². The van der Waals surface area contributed by atoms with Gasteiger partial charge in [0, 0.05) is 13.1 Å². The highest BCUT2D eigenvalue weighted by atomic mass is 16.2. The predicted octanol–water partition coefficient (Wildman–Crippen LogP) is 0.934. The average molecular weight is 219 g/mol. The number of urea groups is 1. The Balaban J connectivity index is 1.97. The Morgan fingerprint density at radius 2 is 2.00 bits per heavy atom. The molecule has 0 unspecified atom stereocenters. The van der Waals surface area contributed by atoms with Crippen LogP contribution in [0, 0.1) is 0 Å². The fourth-order valence-electron chi connectivity index (χ4n) is 1.82. The largest absolute Gasteiger partial charge is 0.337 e. The van der Waals surface area contributed by atoms with Gasteiger partial charge in [-0.3, -0.25) is 0 Å². The van der Waals surface area contributed by atoms with E-state index in [1.807, 2.05) is 18.2 Å². The third-order valence-electron chi connectivity index (χ3n) is 2.86. The normalized spacial score (nSPS) is 16.6. The summed E-state index contributed by atoms with van der Waals surface area (Å²) >= 11 is 0. The first-order chi connectivity index (χ1) is 7.77. The number of carbonyl (C=O) groups is 1. The Morgan fingerprint density at radius 1 is 1.31 bits per heavy atom. The smallest absolute Gasteiger partial charge is 0.315 e. The van der Waals surface area contributed by atoms with Gasteiger partial charge in [-0.25, -0.2) is 4.79 Å². The first kappa shape index (κ1) is 11.0. The molecule has 1 aliphatic rings. The minimum atomic E-state index is -0.139. The van der Waals surface area contributed by atoms with E-state index >= 15 is 0 Å². The van der Waals surface area contributed by atoms with Gasteiger partial charge in [0.25, 0.3) is 0 Å². The summed E-state index contributed by atoms with van der Waals surface area (Å²) in [4.78, 5) is 11.6. The van der Waals surface area contributed by atoms with Crippen molar-refractivity contribution in [2.24, 2.45) is 5.73 Å². The van der Waals surface area contributed by atoms with Crippen LogP contribution in [-0.2, 0) is 5.54 Å². The summed E-state index contributed by atoms with van der Waals surface area (Å²) in [6.07, 6.45) is 2.01. The molecule has 0 saturated heterocycles. The zero-order valence-electron chi connectivity index (χ0n) is 9.20. The van der Waals surface area contributed by atoms with Crippen molar-refractivity contribution in [1.82, 2.24) is 10.6 Å². The molecule has 1 saturated carbocycles. The number of carbonyl (C=O) groups excluding carboxylic acids is 1. The molecular weight excluding hydrogens is 202 g/mol. The molecule has 2 amide bonds. The molecule has 1 aromatic rings. The van der Waals surface area contributed by atoms with E-state index in [1.165, 1.54) is 5.56 Å². The van der Waals surface area contributed by atoms with Crippen LogP contribution < -0.4 is 16.4 Å². The number of amides is 2. The molecule has 0 spiro atoms. The predicted molar refractivity (Wildman–Crippen MR) is 62.9 cm³/mol. The molecule has 0 heterocycles. The van der Waals surface area contributed by atoms with E-state index in [4.69, 9.17) is 5.73 Å². The summed E-state index contributed by atoms with van der Waals surface area (Å²) in [6.45, 7) is 0.975. The fraction of sp³-hybridized carbons (Fsp3) is 0.417. The van der Waals surface area contributed by atoms with E-state index in [9.17, 15) is 4.79 Å². The maximum atomic E-state index is 11.6. The van der Waals surface area contributed by atoms with Crippen molar-refractivity contribution >= 4 is 6.03 Å². The molecule has 0 atom stereocenters. The molecular formula is C12H17N3O. The Morgan fingerprint density at radius 3 is 2.56 bits per heavy atom. The quantitative estimate of drug-likeness (QED) is 0.705. The minimum Gasteiger partial charge on any atom is -0.337 e. The highest BCUT2D eigenvalue weighted by Crippen LogP contribution is 2.45. The van der Waals surface area contributed by atoms with Gasteiger partial charge in [0.1, 0.15) is 0 Å². The number of nitrogens with one attached hydrogen (secondary N) is 2. The highest BCUT2D eigenvalue weighted by Gasteiger charge is 2.45. The van der Waals surface area contributed by atoms with Crippen molar-refractivity contribution in [3.05, 3.63) is 35.9 Å². The Labute approximate surface area is 95.2 Å². The van der Waals surface area contributed by atoms with Crippen LogP contribution in [0.15, 0.2) is 30.3 Å². The molecule has 4 nitrogen and oxygen atoms in total. The summed E-state index contributed by atoms with van der Waals surface area (Å²) in [5, 5.41) is 5.74. The second-order valence-corrected chi connectivity index (χ2v) is 4.12. The molecule has 86 valence electrons. The second-order valence-electron chi connectivity index (χ2n) is 4.12. The topological polar surface area (TPSA) is 67.1 Å². The van der Waals surface area contributed by atoms with Crippen molar-refractivity contribution in [1.29, 1.82) is 0 Å². The van der Waals surface area contributed by atoms with Crippen molar-refractivity contribution < 1.29 is 4.79 Å². The second kappa shape index (κ2) is 4.53. The maximum Gasteiger partial charge on any atom is 0.315 e. The third kappa shape index (κ3) is 2.33. The van der Waals surface area contributed by atoms with Gasteiger partial charge in [-0.2, -0.15) is 0 Å². The van der Waals surface area contributed by atoms with Crippen molar-refractivity contribution in [2.45, 2.75) is 18.4 Å². The van der Waals surface area contributed by atoms with Gasteiger partial charge < -0.3 is 16.4 Å². The molecule has 0 aliphatic heterocycles. The number of benzene rings is 1. The maximum absolute atomic E-state index is 11.6. The van der Waals surface area contributed by atoms with E-state index in [-0.39, 0.29) is 11.6 Å². The van der Waals surface area contributed by atoms with E-state index in [2.05, 4.69) is 22.8 Å². The van der Waals surface area contributed by atoms with Gasteiger partial charge in [-0.05, 0) is 18.4 Å². The molecule has 1 fully saturated rings. The van der Waals surface area contributed by atoms with Crippen molar-refractivity contribution in [2.75, 3.05) is 13.1 Å². The van der Waals surface area contributed by atoms with Crippen LogP contribution in [0.1, 0.15) is 18.4 Å². The van der Waals surface area contributed by atoms with E-state index in [0.717, 1.165) is 12.8 Å². The van der Waals surface area contributed by atoms with Crippen LogP contribution in [-0.4, -0.2) is 19.1 Å². The van der Waals surface area contributed by atoms with Gasteiger partial charge in [0.2, 0.25) is 0 Å². The lowest BCUT2D eigenvalue weighted by Crippen LogP contribution is -2.43. The van der Waals surface area contributed by atoms with Gasteiger partial charge in [0.05, 0.1) is 5.54 Å². The Bertz CT molecular complexity index is 360. The van der Waals surface area contributed by atoms with E-state index in [0.29, 0.717) is 13.1 Å². The molecule has 0 bridgehead atoms. The summed E-state index contributed by atoms with van der Waals surface area (Å²) < 4.78 is 0. The first-order valence-electron chi connectivity index (χ1n) is 5.58. The summed E-state index contributed by atoms with van der Waals surface area (Å²) in [5.74, 6) is 0. The first-order valence-corrected chi connectivity index (χ1v) is 5.58. The number of rotatable bonds is 4. The van der Waals surface area contributed by atoms with Crippen LogP contribution in [0.4, 0.5) is 4.79 Å². The van der Waals surface area contributed by atoms with Crippen LogP contribution in [0.3, 0.4) is 0 Å². The summed E-state index contributed by atoms with van der Waals surface area (Å²) in [7, 11) is 0. The van der Waals surface area contributed by atoms with Crippen LogP contribution in [0.5, 0.6) is 0 Å². The zero-order chi connectivity index (χ0) is 11.4. The molecule has 16 heavy (non-hydrogen) atoms. The molecule has 2 rings (SSSR count). The number of hydrogen-bond acceptors (Lipinski definition) is 2. The fourth-order valence-corrected chi connectivity index (χ4v) is 1.82. The van der Waals surface area contributed by atoms with Crippen LogP contribution in [0.25, 0.3) is 0 Å². The molecule has 1 aliphatic carbocycles. The van der Waals surface area contributed by atoms with Gasteiger partial charge >= 0.3 is 6.03 Å². The Hall–Kier alpha value is -1.55. The minimum absolute atomic E-state index is 0.133. The lowest BCUT2D eigenvalue weighted by molar-refractivity contribution is 0.236. The molecule has 4 N–H and O–H groups in total. The monoisotopic (exact) mass is 219 g/mol. The molecule has 1 aromatic carbocycles. The summed E-state index contributed by atoms with van der Waals surface area (Å²) in [6, 6.07) is 9.94. The average Bonchev–Trinajstić information content (AvgIpc) is 3.09. The van der Waals surface area contributed by atoms with Crippen molar-refractivity contribution in [3.63, 3.8) is 0 Å². The lowest BCUT2D eigenvalue weighted by atomic mass is 10.1. The van der Waals surface area contributed by atoms with Gasteiger partial charge in [-0.15, -0.1) is 0 Å². The van der Waals surface area contributed by atoms with Gasteiger partial charge in [0.15, 0.2) is 0 Å². The summed E-state index contributed by atoms with van der Waals surface area (Å²) in [5.41, 5.74) is 6.36. The van der Waals surface area contributed by atoms with Crippen LogP contribution >= 0.6 is 0 Å². The third-order valence-corrected chi connectivity index (χ3v) is 2.86. The van der Waals surface area contributed by atoms with E-state index < -0.39 is 0 Å². The molecule has 0 radical (unpaired) electrons. The highest BCUT2D eigenvalue weighted by molar-refractivity contribution is 5.75. The molecule has 0 aromatic heterocycles. The zero-order valence-corrected chi connectivity index (χ0v) is 9.20. The Kier molecular flexibility index (Phi) is 3.10. The number of nitrogens with two attached hydrogens (primary N) is 1. The number of hydrogen-bond donors (Lipinski definition) is 3. The standard InChI is InChI=1S/C12H17N3O/c13-8-9-14-11(16)15-12(6-7-12)10-4-2-1-3-5-10/h1-5H,6-9,13H2,(H2,14,15,16).